The number of allylic oxidation sites excluding steroid dienone is 1. The fourth-order valence-electron chi connectivity index (χ4n) is 4.87. The number of carbonyl (C=O) groups is 1. The van der Waals surface area contributed by atoms with Crippen LogP contribution in [0.1, 0.15) is 18.4 Å². The fourth-order valence-corrected chi connectivity index (χ4v) is 5.67. The Morgan fingerprint density at radius 2 is 1.79 bits per heavy atom. The van der Waals surface area contributed by atoms with E-state index in [0.29, 0.717) is 22.2 Å². The molecule has 0 saturated heterocycles. The molecule has 1 aromatic heterocycles. The fraction of sp³-hybridized carbons (Fsp3) is 0.188. The van der Waals surface area contributed by atoms with Gasteiger partial charge in [-0.3, -0.25) is 0 Å². The summed E-state index contributed by atoms with van der Waals surface area (Å²) in [7, 11) is 3.00. The number of carbonyl (C=O) groups excluding carboxylic acids is 1. The van der Waals surface area contributed by atoms with E-state index in [-0.39, 0.29) is 35.1 Å². The van der Waals surface area contributed by atoms with Crippen molar-refractivity contribution in [1.29, 1.82) is 5.26 Å². The predicted molar refractivity (Wildman–Crippen MR) is 160 cm³/mol. The Balaban J connectivity index is 1.61. The van der Waals surface area contributed by atoms with Crippen molar-refractivity contribution in [2.45, 2.75) is 18.0 Å². The summed E-state index contributed by atoms with van der Waals surface area (Å²) in [5.74, 6) is -0.471. The zero-order valence-electron chi connectivity index (χ0n) is 23.3. The largest absolute Gasteiger partial charge is 0.493 e. The van der Waals surface area contributed by atoms with Gasteiger partial charge in [0.25, 0.3) is 0 Å². The molecule has 0 fully saturated rings. The van der Waals surface area contributed by atoms with Crippen LogP contribution in [0.15, 0.2) is 101 Å². The molecule has 0 aliphatic carbocycles. The van der Waals surface area contributed by atoms with Gasteiger partial charge in [0.05, 0.1) is 49.3 Å². The number of thioether (sulfide) groups is 1. The van der Waals surface area contributed by atoms with Gasteiger partial charge < -0.3 is 24.7 Å². The van der Waals surface area contributed by atoms with Crippen LogP contribution in [0.4, 0.5) is 0 Å². The Morgan fingerprint density at radius 3 is 2.50 bits per heavy atom. The number of aromatic nitrogens is 2. The Hall–Kier alpha value is -5.01. The first kappa shape index (κ1) is 28.5. The molecule has 2 heterocycles. The SMILES string of the molecule is CCOC(=O)C1=C(CSc2nc(-c3ccccc3)c3ccccc3n2)OC(N)=C(C#N)[C@@H]1c1cccc(OC)c1OC. The van der Waals surface area contributed by atoms with E-state index < -0.39 is 11.9 Å². The van der Waals surface area contributed by atoms with Crippen molar-refractivity contribution in [3.8, 4) is 28.8 Å². The first-order valence-corrected chi connectivity index (χ1v) is 14.1. The van der Waals surface area contributed by atoms with Crippen LogP contribution in [-0.4, -0.2) is 42.5 Å². The summed E-state index contributed by atoms with van der Waals surface area (Å²) in [4.78, 5) is 23.1. The van der Waals surface area contributed by atoms with Gasteiger partial charge >= 0.3 is 5.97 Å². The smallest absolute Gasteiger partial charge is 0.338 e. The molecule has 0 bridgehead atoms. The number of nitriles is 1. The molecule has 0 amide bonds. The summed E-state index contributed by atoms with van der Waals surface area (Å²) >= 11 is 1.29. The molecule has 1 aliphatic heterocycles. The van der Waals surface area contributed by atoms with Gasteiger partial charge in [0.2, 0.25) is 5.88 Å². The number of ether oxygens (including phenoxy) is 4. The van der Waals surface area contributed by atoms with E-state index in [1.54, 1.807) is 25.1 Å². The number of rotatable bonds is 9. The summed E-state index contributed by atoms with van der Waals surface area (Å²) in [5, 5.41) is 11.5. The minimum atomic E-state index is -0.916. The molecule has 0 spiro atoms. The molecule has 2 N–H and O–H groups in total. The van der Waals surface area contributed by atoms with Crippen LogP contribution < -0.4 is 15.2 Å². The molecular weight excluding hydrogens is 552 g/mol. The second-order valence-electron chi connectivity index (χ2n) is 9.09. The first-order chi connectivity index (χ1) is 20.5. The van der Waals surface area contributed by atoms with Gasteiger partial charge in [-0.15, -0.1) is 0 Å². The lowest BCUT2D eigenvalue weighted by Gasteiger charge is -2.29. The second-order valence-corrected chi connectivity index (χ2v) is 10.0. The van der Waals surface area contributed by atoms with Crippen molar-refractivity contribution in [2.75, 3.05) is 26.6 Å². The maximum absolute atomic E-state index is 13.5. The van der Waals surface area contributed by atoms with Crippen LogP contribution in [0.5, 0.6) is 11.5 Å². The summed E-state index contributed by atoms with van der Waals surface area (Å²) in [5.41, 5.74) is 9.53. The lowest BCUT2D eigenvalue weighted by atomic mass is 9.82. The normalized spacial score (nSPS) is 14.8. The van der Waals surface area contributed by atoms with E-state index in [9.17, 15) is 10.1 Å². The van der Waals surface area contributed by atoms with E-state index in [0.717, 1.165) is 22.2 Å². The Bertz CT molecular complexity index is 1750. The number of para-hydroxylation sites is 2. The molecule has 1 aliphatic rings. The zero-order valence-corrected chi connectivity index (χ0v) is 24.1. The molecule has 3 aromatic carbocycles. The number of methoxy groups -OCH3 is 2. The molecule has 9 nitrogen and oxygen atoms in total. The molecule has 212 valence electrons. The Morgan fingerprint density at radius 1 is 1.02 bits per heavy atom. The molecule has 42 heavy (non-hydrogen) atoms. The van der Waals surface area contributed by atoms with Crippen LogP contribution in [0.25, 0.3) is 22.2 Å². The molecule has 0 unspecified atom stereocenters. The van der Waals surface area contributed by atoms with E-state index in [1.165, 1.54) is 26.0 Å². The number of hydrogen-bond donors (Lipinski definition) is 1. The van der Waals surface area contributed by atoms with Crippen LogP contribution in [-0.2, 0) is 14.3 Å². The van der Waals surface area contributed by atoms with Crippen molar-refractivity contribution in [2.24, 2.45) is 5.73 Å². The van der Waals surface area contributed by atoms with Crippen LogP contribution in [0.3, 0.4) is 0 Å². The maximum atomic E-state index is 13.5. The summed E-state index contributed by atoms with van der Waals surface area (Å²) in [6.45, 7) is 1.83. The number of nitrogens with zero attached hydrogens (tertiary/aromatic N) is 3. The van der Waals surface area contributed by atoms with Crippen molar-refractivity contribution in [3.63, 3.8) is 0 Å². The average molecular weight is 581 g/mol. The quantitative estimate of drug-likeness (QED) is 0.149. The second kappa shape index (κ2) is 12.7. The molecule has 4 aromatic rings. The van der Waals surface area contributed by atoms with Crippen molar-refractivity contribution in [3.05, 3.63) is 101 Å². The number of hydrogen-bond acceptors (Lipinski definition) is 10. The lowest BCUT2D eigenvalue weighted by Crippen LogP contribution is -2.27. The van der Waals surface area contributed by atoms with Gasteiger partial charge in [-0.1, -0.05) is 72.4 Å². The zero-order chi connectivity index (χ0) is 29.6. The van der Waals surface area contributed by atoms with E-state index >= 15 is 0 Å². The highest BCUT2D eigenvalue weighted by Crippen LogP contribution is 2.46. The number of fused-ring (bicyclic) bond motifs is 1. The molecule has 10 heteroatoms. The monoisotopic (exact) mass is 580 g/mol. The third-order valence-corrected chi connectivity index (χ3v) is 7.55. The minimum Gasteiger partial charge on any atom is -0.493 e. The average Bonchev–Trinajstić information content (AvgIpc) is 3.02. The maximum Gasteiger partial charge on any atom is 0.338 e. The Labute approximate surface area is 247 Å². The van der Waals surface area contributed by atoms with Crippen molar-refractivity contribution >= 4 is 28.6 Å². The van der Waals surface area contributed by atoms with Gasteiger partial charge in [-0.25, -0.2) is 14.8 Å². The minimum absolute atomic E-state index is 0.0617. The lowest BCUT2D eigenvalue weighted by molar-refractivity contribution is -0.139. The van der Waals surface area contributed by atoms with Gasteiger partial charge in [-0.2, -0.15) is 5.26 Å². The van der Waals surface area contributed by atoms with E-state index in [4.69, 9.17) is 34.6 Å². The summed E-state index contributed by atoms with van der Waals surface area (Å²) < 4.78 is 22.5. The Kier molecular flexibility index (Phi) is 8.60. The molecule has 0 radical (unpaired) electrons. The molecule has 5 rings (SSSR count). The highest BCUT2D eigenvalue weighted by Gasteiger charge is 2.39. The number of nitrogens with two attached hydrogens (primary N) is 1. The molecule has 1 atom stereocenters. The third-order valence-electron chi connectivity index (χ3n) is 6.70. The van der Waals surface area contributed by atoms with Crippen LogP contribution in [0, 0.1) is 11.3 Å². The third kappa shape index (κ3) is 5.47. The van der Waals surface area contributed by atoms with Gasteiger partial charge in [-0.05, 0) is 19.1 Å². The van der Waals surface area contributed by atoms with Crippen molar-refractivity contribution in [1.82, 2.24) is 9.97 Å². The van der Waals surface area contributed by atoms with Gasteiger partial charge in [0.15, 0.2) is 16.7 Å². The van der Waals surface area contributed by atoms with Crippen molar-refractivity contribution < 1.29 is 23.7 Å². The van der Waals surface area contributed by atoms with Gasteiger partial charge in [0.1, 0.15) is 17.4 Å². The van der Waals surface area contributed by atoms with Crippen LogP contribution >= 0.6 is 11.8 Å². The van der Waals surface area contributed by atoms with E-state index in [1.807, 2.05) is 54.6 Å². The van der Waals surface area contributed by atoms with Crippen LogP contribution in [0.2, 0.25) is 0 Å². The highest BCUT2D eigenvalue weighted by molar-refractivity contribution is 7.99. The highest BCUT2D eigenvalue weighted by atomic mass is 32.2. The molecular formula is C32H28N4O5S. The number of benzene rings is 3. The molecule has 0 saturated carbocycles. The first-order valence-electron chi connectivity index (χ1n) is 13.1. The summed E-state index contributed by atoms with van der Waals surface area (Å²) in [6.07, 6.45) is 0. The van der Waals surface area contributed by atoms with Gasteiger partial charge in [0, 0.05) is 16.5 Å². The topological polar surface area (TPSA) is 130 Å². The standard InChI is InChI=1S/C32H28N4O5S/c1-4-40-31(37)27-25(41-30(34)22(17-33)26(27)21-14-10-16-24(38-2)29(21)39-3)18-42-32-35-23-15-9-8-13-20(23)28(36-32)19-11-6-5-7-12-19/h5-16,26H,4,18,34H2,1-3H3/t26-/m0/s1. The predicted octanol–water partition coefficient (Wildman–Crippen LogP) is 5.73. The summed E-state index contributed by atoms with van der Waals surface area (Å²) in [6, 6.07) is 25.0. The number of esters is 1. The van der Waals surface area contributed by atoms with E-state index in [2.05, 4.69) is 6.07 Å².